The maximum Gasteiger partial charge on any atom is 0.253 e. The van der Waals surface area contributed by atoms with E-state index in [1.807, 2.05) is 26.0 Å². The lowest BCUT2D eigenvalue weighted by Gasteiger charge is -2.20. The van der Waals surface area contributed by atoms with Gasteiger partial charge >= 0.3 is 0 Å². The van der Waals surface area contributed by atoms with Crippen LogP contribution in [0.25, 0.3) is 0 Å². The van der Waals surface area contributed by atoms with Gasteiger partial charge in [-0.15, -0.1) is 0 Å². The summed E-state index contributed by atoms with van der Waals surface area (Å²) in [6, 6.07) is 5.72. The van der Waals surface area contributed by atoms with Crippen molar-refractivity contribution in [2.45, 2.75) is 39.3 Å². The zero-order valence-electron chi connectivity index (χ0n) is 14.6. The van der Waals surface area contributed by atoms with Gasteiger partial charge in [-0.1, -0.05) is 19.9 Å². The number of hydrogen-bond donors (Lipinski definition) is 2. The maximum absolute atomic E-state index is 11.8. The lowest BCUT2D eigenvalue weighted by atomic mass is 10.1. The van der Waals surface area contributed by atoms with Crippen LogP contribution in [0.3, 0.4) is 0 Å². The van der Waals surface area contributed by atoms with Crippen LogP contribution in [0.15, 0.2) is 27.8 Å². The summed E-state index contributed by atoms with van der Waals surface area (Å²) in [7, 11) is 3.15. The Kier molecular flexibility index (Phi) is 5.84. The Morgan fingerprint density at radius 2 is 1.58 bits per heavy atom. The van der Waals surface area contributed by atoms with Crippen molar-refractivity contribution in [1.29, 1.82) is 0 Å². The van der Waals surface area contributed by atoms with E-state index in [9.17, 15) is 9.59 Å². The molecule has 6 nitrogen and oxygen atoms in total. The van der Waals surface area contributed by atoms with Gasteiger partial charge in [0.1, 0.15) is 11.4 Å². The summed E-state index contributed by atoms with van der Waals surface area (Å²) in [5.74, 6) is 1.27. The number of rotatable bonds is 9. The zero-order chi connectivity index (χ0) is 17.7. The smallest absolute Gasteiger partial charge is 0.253 e. The van der Waals surface area contributed by atoms with Crippen LogP contribution in [0.2, 0.25) is 0 Å². The minimum atomic E-state index is -0.469. The lowest BCUT2D eigenvalue weighted by molar-refractivity contribution is 0.354. The molecule has 0 heterocycles. The van der Waals surface area contributed by atoms with Crippen LogP contribution in [0.1, 0.15) is 32.3 Å². The third-order valence-corrected chi connectivity index (χ3v) is 4.16. The number of anilines is 2. The average molecular weight is 332 g/mol. The van der Waals surface area contributed by atoms with Crippen molar-refractivity contribution in [3.8, 4) is 11.5 Å². The zero-order valence-corrected chi connectivity index (χ0v) is 14.6. The molecule has 2 aromatic carbocycles. The summed E-state index contributed by atoms with van der Waals surface area (Å²) in [6.45, 7) is 4.51. The molecule has 0 aromatic heterocycles. The predicted octanol–water partition coefficient (Wildman–Crippen LogP) is 2.51. The van der Waals surface area contributed by atoms with Crippen LogP contribution in [-0.4, -0.2) is 20.3 Å². The maximum atomic E-state index is 11.8. The Balaban J connectivity index is 2.11. The highest BCUT2D eigenvalue weighted by molar-refractivity contribution is 5.74. The van der Waals surface area contributed by atoms with Crippen molar-refractivity contribution in [3.63, 3.8) is 0 Å². The summed E-state index contributed by atoms with van der Waals surface area (Å²) in [5, 5.41) is 6.22. The summed E-state index contributed by atoms with van der Waals surface area (Å²) in [4.78, 5) is 23.6. The molecule has 0 saturated heterocycles. The Bertz CT molecular complexity index is 759. The van der Waals surface area contributed by atoms with Gasteiger partial charge in [-0.25, -0.2) is 0 Å². The second-order valence-electron chi connectivity index (χ2n) is 5.61. The third kappa shape index (κ3) is 3.53. The van der Waals surface area contributed by atoms with Crippen molar-refractivity contribution >= 4 is 11.4 Å². The normalized spacial score (nSPS) is 10.9. The van der Waals surface area contributed by atoms with E-state index in [0.717, 1.165) is 18.4 Å². The van der Waals surface area contributed by atoms with E-state index in [2.05, 4.69) is 10.6 Å². The van der Waals surface area contributed by atoms with E-state index in [4.69, 9.17) is 9.47 Å². The molecule has 2 aromatic rings. The quantitative estimate of drug-likeness (QED) is 0.687. The van der Waals surface area contributed by atoms with Crippen LogP contribution in [-0.2, 0) is 6.54 Å². The van der Waals surface area contributed by atoms with Gasteiger partial charge in [0, 0.05) is 12.6 Å². The highest BCUT2D eigenvalue weighted by Gasteiger charge is 2.22. The van der Waals surface area contributed by atoms with E-state index < -0.39 is 10.9 Å². The summed E-state index contributed by atoms with van der Waals surface area (Å²) < 4.78 is 10.5. The third-order valence-electron chi connectivity index (χ3n) is 4.16. The fourth-order valence-corrected chi connectivity index (χ4v) is 2.58. The van der Waals surface area contributed by atoms with Crippen LogP contribution >= 0.6 is 0 Å². The largest absolute Gasteiger partial charge is 0.493 e. The molecule has 6 heteroatoms. The van der Waals surface area contributed by atoms with Gasteiger partial charge in [0.25, 0.3) is 10.9 Å². The first kappa shape index (κ1) is 17.8. The molecule has 0 aliphatic rings. The average Bonchev–Trinajstić information content (AvgIpc) is 2.63. The Morgan fingerprint density at radius 1 is 0.958 bits per heavy atom. The van der Waals surface area contributed by atoms with Crippen LogP contribution in [0, 0.1) is 0 Å². The topological polar surface area (TPSA) is 76.7 Å². The fourth-order valence-electron chi connectivity index (χ4n) is 2.58. The van der Waals surface area contributed by atoms with Crippen molar-refractivity contribution in [2.75, 3.05) is 24.9 Å². The van der Waals surface area contributed by atoms with Crippen LogP contribution in [0.4, 0.5) is 11.4 Å². The molecule has 0 amide bonds. The summed E-state index contributed by atoms with van der Waals surface area (Å²) >= 11 is 0. The predicted molar refractivity (Wildman–Crippen MR) is 96.2 cm³/mol. The molecule has 0 bridgehead atoms. The first-order valence-corrected chi connectivity index (χ1v) is 8.10. The van der Waals surface area contributed by atoms with E-state index in [0.29, 0.717) is 29.4 Å². The molecule has 2 N–H and O–H groups in total. The lowest BCUT2D eigenvalue weighted by Crippen LogP contribution is -2.39. The van der Waals surface area contributed by atoms with Gasteiger partial charge in [-0.2, -0.15) is 0 Å². The molecule has 0 unspecified atom stereocenters. The molecule has 2 rings (SSSR count). The summed E-state index contributed by atoms with van der Waals surface area (Å²) in [5.41, 5.74) is 0.769. The van der Waals surface area contributed by atoms with Crippen molar-refractivity contribution in [1.82, 2.24) is 0 Å². The van der Waals surface area contributed by atoms with E-state index in [1.165, 1.54) is 0 Å². The molecular weight excluding hydrogens is 308 g/mol. The Labute approximate surface area is 141 Å². The summed E-state index contributed by atoms with van der Waals surface area (Å²) in [6.07, 6.45) is 1.79. The van der Waals surface area contributed by atoms with Crippen molar-refractivity contribution in [3.05, 3.63) is 44.2 Å². The standard InChI is InChI=1S/C18H24N2O4/c1-5-12(6-2)20-16-15(17(21)18(16)22)19-10-11-7-8-13(23-3)14(9-11)24-4/h7-9,12,19-20H,5-6,10H2,1-4H3. The SMILES string of the molecule is CCC(CC)Nc1c(NCc2ccc(OC)c(OC)c2)c(=O)c1=O. The molecule has 130 valence electrons. The van der Waals surface area contributed by atoms with Gasteiger partial charge < -0.3 is 20.1 Å². The number of benzene rings is 1. The van der Waals surface area contributed by atoms with Crippen LogP contribution < -0.4 is 31.0 Å². The molecule has 0 saturated carbocycles. The fraction of sp³-hybridized carbons (Fsp3) is 0.444. The van der Waals surface area contributed by atoms with Gasteiger partial charge in [0.05, 0.1) is 14.2 Å². The van der Waals surface area contributed by atoms with E-state index in [-0.39, 0.29) is 6.04 Å². The second-order valence-corrected chi connectivity index (χ2v) is 5.61. The molecule has 0 atom stereocenters. The second kappa shape index (κ2) is 7.86. The molecular formula is C18H24N2O4. The first-order valence-electron chi connectivity index (χ1n) is 8.10. The highest BCUT2D eigenvalue weighted by Crippen LogP contribution is 2.28. The molecule has 0 aliphatic carbocycles. The minimum Gasteiger partial charge on any atom is -0.493 e. The van der Waals surface area contributed by atoms with Gasteiger partial charge in [0.15, 0.2) is 11.5 Å². The Morgan fingerprint density at radius 3 is 2.17 bits per heavy atom. The first-order chi connectivity index (χ1) is 11.5. The monoisotopic (exact) mass is 332 g/mol. The highest BCUT2D eigenvalue weighted by atomic mass is 16.5. The number of nitrogens with one attached hydrogen (secondary N) is 2. The van der Waals surface area contributed by atoms with Crippen LogP contribution in [0.5, 0.6) is 11.5 Å². The molecule has 0 fully saturated rings. The van der Waals surface area contributed by atoms with Crippen molar-refractivity contribution < 1.29 is 9.47 Å². The number of methoxy groups -OCH3 is 2. The molecule has 0 radical (unpaired) electrons. The number of ether oxygens (including phenoxy) is 2. The van der Waals surface area contributed by atoms with E-state index >= 15 is 0 Å². The van der Waals surface area contributed by atoms with Gasteiger partial charge in [0.2, 0.25) is 0 Å². The van der Waals surface area contributed by atoms with Crippen molar-refractivity contribution in [2.24, 2.45) is 0 Å². The number of hydrogen-bond acceptors (Lipinski definition) is 6. The molecule has 0 aliphatic heterocycles. The van der Waals surface area contributed by atoms with E-state index in [1.54, 1.807) is 20.3 Å². The minimum absolute atomic E-state index is 0.190. The molecule has 0 spiro atoms. The van der Waals surface area contributed by atoms with Gasteiger partial charge in [-0.05, 0) is 30.5 Å². The van der Waals surface area contributed by atoms with Gasteiger partial charge in [-0.3, -0.25) is 9.59 Å². The Hall–Kier alpha value is -2.50. The molecule has 24 heavy (non-hydrogen) atoms.